The van der Waals surface area contributed by atoms with Gasteiger partial charge in [0.1, 0.15) is 11.4 Å². The molecule has 2 amide bonds. The van der Waals surface area contributed by atoms with Gasteiger partial charge in [-0.05, 0) is 36.4 Å². The number of halogens is 1. The summed E-state index contributed by atoms with van der Waals surface area (Å²) in [7, 11) is 0. The largest absolute Gasteiger partial charge is 0.467 e. The SMILES string of the molecule is O=C(Nc1ccc(-n2cccn2)c(F)c1)C1CC(=O)N(Cc2ccco2)C1. The molecule has 7 nitrogen and oxygen atoms in total. The van der Waals surface area contributed by atoms with E-state index in [-0.39, 0.29) is 18.2 Å². The third kappa shape index (κ3) is 3.59. The number of amides is 2. The summed E-state index contributed by atoms with van der Waals surface area (Å²) < 4.78 is 20.9. The van der Waals surface area contributed by atoms with Crippen molar-refractivity contribution in [1.82, 2.24) is 14.7 Å². The summed E-state index contributed by atoms with van der Waals surface area (Å²) in [6.07, 6.45) is 4.86. The summed E-state index contributed by atoms with van der Waals surface area (Å²) >= 11 is 0. The number of rotatable bonds is 5. The van der Waals surface area contributed by atoms with E-state index in [1.54, 1.807) is 53.9 Å². The fourth-order valence-corrected chi connectivity index (χ4v) is 3.12. The molecular weight excluding hydrogens is 351 g/mol. The standard InChI is InChI=1S/C19H17FN4O3/c20-16-10-14(4-5-17(16)24-7-2-6-21-24)22-19(26)13-9-18(25)23(11-13)12-15-3-1-8-27-15/h1-8,10,13H,9,11-12H2,(H,22,26). The monoisotopic (exact) mass is 368 g/mol. The number of furan rings is 1. The third-order valence-electron chi connectivity index (χ3n) is 4.48. The quantitative estimate of drug-likeness (QED) is 0.751. The first kappa shape index (κ1) is 17.0. The first-order valence-corrected chi connectivity index (χ1v) is 8.51. The topological polar surface area (TPSA) is 80.4 Å². The summed E-state index contributed by atoms with van der Waals surface area (Å²) in [6, 6.07) is 9.62. The van der Waals surface area contributed by atoms with Crippen molar-refractivity contribution in [2.24, 2.45) is 5.92 Å². The Morgan fingerprint density at radius 1 is 1.33 bits per heavy atom. The molecule has 0 spiro atoms. The Bertz CT molecular complexity index is 954. The molecule has 4 rings (SSSR count). The molecule has 1 aliphatic heterocycles. The normalized spacial score (nSPS) is 16.7. The van der Waals surface area contributed by atoms with E-state index < -0.39 is 11.7 Å². The fourth-order valence-electron chi connectivity index (χ4n) is 3.12. The highest BCUT2D eigenvalue weighted by Gasteiger charge is 2.34. The van der Waals surface area contributed by atoms with E-state index in [4.69, 9.17) is 4.42 Å². The molecule has 2 aromatic heterocycles. The van der Waals surface area contributed by atoms with Gasteiger partial charge in [-0.2, -0.15) is 5.10 Å². The van der Waals surface area contributed by atoms with Crippen molar-refractivity contribution in [3.05, 3.63) is 66.6 Å². The van der Waals surface area contributed by atoms with E-state index in [0.29, 0.717) is 30.2 Å². The highest BCUT2D eigenvalue weighted by atomic mass is 19.1. The van der Waals surface area contributed by atoms with Crippen molar-refractivity contribution in [2.75, 3.05) is 11.9 Å². The molecule has 138 valence electrons. The molecule has 3 heterocycles. The van der Waals surface area contributed by atoms with Crippen LogP contribution in [0.5, 0.6) is 0 Å². The zero-order valence-corrected chi connectivity index (χ0v) is 14.3. The van der Waals surface area contributed by atoms with Gasteiger partial charge in [0.15, 0.2) is 5.82 Å². The lowest BCUT2D eigenvalue weighted by atomic mass is 10.1. The minimum absolute atomic E-state index is 0.105. The van der Waals surface area contributed by atoms with Crippen LogP contribution < -0.4 is 5.32 Å². The number of anilines is 1. The van der Waals surface area contributed by atoms with E-state index in [1.807, 2.05) is 0 Å². The number of hydrogen-bond donors (Lipinski definition) is 1. The zero-order chi connectivity index (χ0) is 18.8. The molecule has 1 aromatic carbocycles. The first-order valence-electron chi connectivity index (χ1n) is 8.51. The molecule has 0 bridgehead atoms. The molecule has 1 atom stereocenters. The van der Waals surface area contributed by atoms with Gasteiger partial charge in [-0.15, -0.1) is 0 Å². The Hall–Kier alpha value is -3.42. The Labute approximate surface area is 154 Å². The van der Waals surface area contributed by atoms with Crippen molar-refractivity contribution in [1.29, 1.82) is 0 Å². The van der Waals surface area contributed by atoms with Crippen molar-refractivity contribution in [3.8, 4) is 5.69 Å². The van der Waals surface area contributed by atoms with Gasteiger partial charge in [-0.25, -0.2) is 9.07 Å². The number of hydrogen-bond acceptors (Lipinski definition) is 4. The van der Waals surface area contributed by atoms with Gasteiger partial charge in [0.2, 0.25) is 11.8 Å². The molecule has 27 heavy (non-hydrogen) atoms. The van der Waals surface area contributed by atoms with E-state index in [2.05, 4.69) is 10.4 Å². The molecule has 1 unspecified atom stereocenters. The summed E-state index contributed by atoms with van der Waals surface area (Å²) in [5, 5.41) is 6.67. The molecule has 8 heteroatoms. The van der Waals surface area contributed by atoms with Crippen LogP contribution in [0.15, 0.2) is 59.5 Å². The van der Waals surface area contributed by atoms with Gasteiger partial charge in [0.25, 0.3) is 0 Å². The van der Waals surface area contributed by atoms with Crippen molar-refractivity contribution in [3.63, 3.8) is 0 Å². The summed E-state index contributed by atoms with van der Waals surface area (Å²) in [6.45, 7) is 0.641. The van der Waals surface area contributed by atoms with Crippen LogP contribution >= 0.6 is 0 Å². The lowest BCUT2D eigenvalue weighted by molar-refractivity contribution is -0.128. The average Bonchev–Trinajstić information content (AvgIpc) is 3.39. The van der Waals surface area contributed by atoms with Crippen LogP contribution in [0.4, 0.5) is 10.1 Å². The van der Waals surface area contributed by atoms with Crippen LogP contribution in [-0.4, -0.2) is 33.0 Å². The van der Waals surface area contributed by atoms with Gasteiger partial charge in [-0.3, -0.25) is 9.59 Å². The van der Waals surface area contributed by atoms with Crippen molar-refractivity contribution in [2.45, 2.75) is 13.0 Å². The number of nitrogens with one attached hydrogen (secondary N) is 1. The summed E-state index contributed by atoms with van der Waals surface area (Å²) in [5.74, 6) is -0.733. The molecule has 0 aliphatic carbocycles. The van der Waals surface area contributed by atoms with Crippen LogP contribution in [0.1, 0.15) is 12.2 Å². The zero-order valence-electron chi connectivity index (χ0n) is 14.3. The molecule has 0 saturated carbocycles. The molecule has 3 aromatic rings. The maximum atomic E-state index is 14.3. The van der Waals surface area contributed by atoms with Crippen LogP contribution in [0, 0.1) is 11.7 Å². The van der Waals surface area contributed by atoms with E-state index in [9.17, 15) is 14.0 Å². The number of carbonyl (C=O) groups excluding carboxylic acids is 2. The Kier molecular flexibility index (Phi) is 4.45. The molecule has 1 saturated heterocycles. The first-order chi connectivity index (χ1) is 13.1. The maximum Gasteiger partial charge on any atom is 0.229 e. The van der Waals surface area contributed by atoms with Crippen LogP contribution in [0.25, 0.3) is 5.69 Å². The van der Waals surface area contributed by atoms with Gasteiger partial charge >= 0.3 is 0 Å². The molecule has 0 radical (unpaired) electrons. The van der Waals surface area contributed by atoms with E-state index in [0.717, 1.165) is 0 Å². The third-order valence-corrected chi connectivity index (χ3v) is 4.48. The van der Waals surface area contributed by atoms with E-state index >= 15 is 0 Å². The van der Waals surface area contributed by atoms with Gasteiger partial charge in [-0.1, -0.05) is 0 Å². The van der Waals surface area contributed by atoms with Crippen molar-refractivity contribution < 1.29 is 18.4 Å². The van der Waals surface area contributed by atoms with Gasteiger partial charge in [0.05, 0.1) is 18.7 Å². The highest BCUT2D eigenvalue weighted by molar-refractivity contribution is 5.97. The fraction of sp³-hybridized carbons (Fsp3) is 0.211. The van der Waals surface area contributed by atoms with Crippen LogP contribution in [-0.2, 0) is 16.1 Å². The number of nitrogens with zero attached hydrogens (tertiary/aromatic N) is 3. The Balaban J connectivity index is 1.40. The van der Waals surface area contributed by atoms with Gasteiger partial charge < -0.3 is 14.6 Å². The molecule has 1 N–H and O–H groups in total. The predicted molar refractivity (Wildman–Crippen MR) is 94.4 cm³/mol. The second-order valence-electron chi connectivity index (χ2n) is 6.36. The maximum absolute atomic E-state index is 14.3. The van der Waals surface area contributed by atoms with Crippen LogP contribution in [0.2, 0.25) is 0 Å². The number of carbonyl (C=O) groups is 2. The Morgan fingerprint density at radius 2 is 2.22 bits per heavy atom. The lowest BCUT2D eigenvalue weighted by Gasteiger charge is -2.15. The smallest absolute Gasteiger partial charge is 0.229 e. The molecule has 1 fully saturated rings. The number of aromatic nitrogens is 2. The average molecular weight is 368 g/mol. The van der Waals surface area contributed by atoms with Gasteiger partial charge in [0, 0.05) is 31.0 Å². The van der Waals surface area contributed by atoms with Crippen molar-refractivity contribution >= 4 is 17.5 Å². The number of likely N-dealkylation sites (tertiary alicyclic amines) is 1. The molecule has 1 aliphatic rings. The predicted octanol–water partition coefficient (Wildman–Crippen LogP) is 2.59. The minimum Gasteiger partial charge on any atom is -0.467 e. The van der Waals surface area contributed by atoms with Crippen LogP contribution in [0.3, 0.4) is 0 Å². The second kappa shape index (κ2) is 7.06. The summed E-state index contributed by atoms with van der Waals surface area (Å²) in [5.41, 5.74) is 0.629. The van der Waals surface area contributed by atoms with E-state index in [1.165, 1.54) is 10.7 Å². The minimum atomic E-state index is -0.501. The summed E-state index contributed by atoms with van der Waals surface area (Å²) in [4.78, 5) is 26.2. The lowest BCUT2D eigenvalue weighted by Crippen LogP contribution is -2.27. The second-order valence-corrected chi connectivity index (χ2v) is 6.36. The Morgan fingerprint density at radius 3 is 2.93 bits per heavy atom. The molecular formula is C19H17FN4O3. The number of benzene rings is 1. The highest BCUT2D eigenvalue weighted by Crippen LogP contribution is 2.23.